The number of hydrogen-bond donors (Lipinski definition) is 2. The Bertz CT molecular complexity index is 840. The second-order valence-electron chi connectivity index (χ2n) is 8.00. The van der Waals surface area contributed by atoms with Crippen LogP contribution in [0.1, 0.15) is 53.5 Å². The van der Waals surface area contributed by atoms with Crippen LogP contribution in [0.2, 0.25) is 0 Å². The highest BCUT2D eigenvalue weighted by Crippen LogP contribution is 2.28. The number of hydrogen-bond acceptors (Lipinski definition) is 5. The molecule has 6 heteroatoms. The first-order valence-electron chi connectivity index (χ1n) is 10.0. The number of aromatic nitrogens is 1. The summed E-state index contributed by atoms with van der Waals surface area (Å²) in [5.41, 5.74) is 9.47. The average Bonchev–Trinajstić information content (AvgIpc) is 2.99. The van der Waals surface area contributed by atoms with Gasteiger partial charge in [-0.1, -0.05) is 6.07 Å². The van der Waals surface area contributed by atoms with Gasteiger partial charge in [0.25, 0.3) is 0 Å². The first-order valence-corrected chi connectivity index (χ1v) is 10.0. The fourth-order valence-electron chi connectivity index (χ4n) is 3.53. The number of benzene rings is 1. The lowest BCUT2D eigenvalue weighted by molar-refractivity contribution is 0.0972. The molecule has 2 aromatic rings. The zero-order chi connectivity index (χ0) is 21.6. The van der Waals surface area contributed by atoms with Crippen LogP contribution in [-0.2, 0) is 19.9 Å². The summed E-state index contributed by atoms with van der Waals surface area (Å²) in [6, 6.07) is 7.81. The van der Waals surface area contributed by atoms with Crippen molar-refractivity contribution in [3.05, 3.63) is 46.8 Å². The van der Waals surface area contributed by atoms with Crippen LogP contribution < -0.4 is 15.2 Å². The van der Waals surface area contributed by atoms with Crippen molar-refractivity contribution in [1.29, 1.82) is 0 Å². The summed E-state index contributed by atoms with van der Waals surface area (Å²) < 4.78 is 12.6. The molecule has 0 spiro atoms. The number of nitrogens with zero attached hydrogens (tertiary/aromatic N) is 1. The van der Waals surface area contributed by atoms with Gasteiger partial charge in [-0.3, -0.25) is 4.79 Å². The van der Waals surface area contributed by atoms with Crippen LogP contribution >= 0.6 is 0 Å². The Morgan fingerprint density at radius 1 is 1.17 bits per heavy atom. The minimum atomic E-state index is -0.611. The van der Waals surface area contributed by atoms with E-state index in [0.29, 0.717) is 24.3 Å². The smallest absolute Gasteiger partial charge is 0.179 e. The number of Topliss-reactive ketones (excluding diaryl/α,β-unsaturated/α-hetero) is 1. The maximum absolute atomic E-state index is 12.8. The van der Waals surface area contributed by atoms with Gasteiger partial charge in [-0.2, -0.15) is 0 Å². The quantitative estimate of drug-likeness (QED) is 0.564. The molecule has 0 radical (unpaired) electrons. The summed E-state index contributed by atoms with van der Waals surface area (Å²) in [5.74, 6) is 1.54. The molecule has 160 valence electrons. The van der Waals surface area contributed by atoms with E-state index in [1.54, 1.807) is 14.2 Å². The average molecular weight is 403 g/mol. The Labute approximate surface area is 173 Å². The van der Waals surface area contributed by atoms with Crippen molar-refractivity contribution < 1.29 is 19.4 Å². The molecule has 1 unspecified atom stereocenters. The van der Waals surface area contributed by atoms with Crippen LogP contribution in [0.25, 0.3) is 0 Å². The Kier molecular flexibility index (Phi) is 7.88. The maximum Gasteiger partial charge on any atom is 0.179 e. The molecule has 0 aliphatic heterocycles. The van der Waals surface area contributed by atoms with Gasteiger partial charge >= 0.3 is 0 Å². The molecule has 0 aliphatic rings. The van der Waals surface area contributed by atoms with E-state index in [-0.39, 0.29) is 12.4 Å². The van der Waals surface area contributed by atoms with Crippen molar-refractivity contribution in [2.75, 3.05) is 20.8 Å². The van der Waals surface area contributed by atoms with Crippen LogP contribution in [0.4, 0.5) is 0 Å². The molecule has 1 aromatic heterocycles. The highest BCUT2D eigenvalue weighted by Gasteiger charge is 2.20. The summed E-state index contributed by atoms with van der Waals surface area (Å²) in [4.78, 5) is 12.8. The molecule has 29 heavy (non-hydrogen) atoms. The van der Waals surface area contributed by atoms with Crippen LogP contribution in [0, 0.1) is 6.92 Å². The van der Waals surface area contributed by atoms with Gasteiger partial charge < -0.3 is 24.9 Å². The lowest BCUT2D eigenvalue weighted by Gasteiger charge is -2.22. The molecule has 0 fully saturated rings. The first-order chi connectivity index (χ1) is 13.7. The molecule has 3 N–H and O–H groups in total. The van der Waals surface area contributed by atoms with Crippen molar-refractivity contribution in [2.24, 2.45) is 12.8 Å². The van der Waals surface area contributed by atoms with E-state index in [9.17, 15) is 9.90 Å². The minimum Gasteiger partial charge on any atom is -0.493 e. The fourth-order valence-corrected chi connectivity index (χ4v) is 3.53. The van der Waals surface area contributed by atoms with E-state index < -0.39 is 5.54 Å². The summed E-state index contributed by atoms with van der Waals surface area (Å²) in [7, 11) is 5.16. The number of rotatable bonds is 11. The number of carbonyl (C=O) groups is 1. The molecule has 0 aliphatic carbocycles. The Morgan fingerprint density at radius 2 is 1.86 bits per heavy atom. The molecule has 0 saturated heterocycles. The largest absolute Gasteiger partial charge is 0.493 e. The van der Waals surface area contributed by atoms with Gasteiger partial charge in [0.1, 0.15) is 0 Å². The van der Waals surface area contributed by atoms with Gasteiger partial charge in [-0.15, -0.1) is 0 Å². The van der Waals surface area contributed by atoms with Crippen molar-refractivity contribution in [2.45, 2.75) is 51.5 Å². The Morgan fingerprint density at radius 3 is 2.48 bits per heavy atom. The molecule has 6 nitrogen and oxygen atoms in total. The number of nitrogens with two attached hydrogens (primary N) is 1. The van der Waals surface area contributed by atoms with E-state index in [0.717, 1.165) is 41.8 Å². The molecule has 0 bridgehead atoms. The zero-order valence-electron chi connectivity index (χ0n) is 18.2. The van der Waals surface area contributed by atoms with Crippen LogP contribution in [0.5, 0.6) is 11.5 Å². The first kappa shape index (κ1) is 23.0. The lowest BCUT2D eigenvalue weighted by Crippen LogP contribution is -2.40. The minimum absolute atomic E-state index is 0.0571. The number of aryl methyl sites for hydroxylation is 2. The summed E-state index contributed by atoms with van der Waals surface area (Å²) >= 11 is 0. The van der Waals surface area contributed by atoms with E-state index in [4.69, 9.17) is 15.2 Å². The van der Waals surface area contributed by atoms with Crippen molar-refractivity contribution >= 4 is 5.78 Å². The summed E-state index contributed by atoms with van der Waals surface area (Å²) in [6.07, 6.45) is 3.43. The van der Waals surface area contributed by atoms with Gasteiger partial charge in [0.2, 0.25) is 0 Å². The van der Waals surface area contributed by atoms with Gasteiger partial charge in [-0.05, 0) is 68.9 Å². The zero-order valence-corrected chi connectivity index (χ0v) is 18.2. The molecule has 1 atom stereocenters. The van der Waals surface area contributed by atoms with Crippen LogP contribution in [-0.4, -0.2) is 41.8 Å². The number of ketones is 1. The van der Waals surface area contributed by atoms with Crippen LogP contribution in [0.3, 0.4) is 0 Å². The van der Waals surface area contributed by atoms with E-state index in [2.05, 4.69) is 0 Å². The number of aliphatic hydroxyl groups is 1. The highest BCUT2D eigenvalue weighted by atomic mass is 16.5. The second-order valence-corrected chi connectivity index (χ2v) is 8.00. The molecule has 0 amide bonds. The normalized spacial score (nSPS) is 13.2. The predicted molar refractivity (Wildman–Crippen MR) is 115 cm³/mol. The Balaban J connectivity index is 1.98. The topological polar surface area (TPSA) is 86.7 Å². The van der Waals surface area contributed by atoms with E-state index in [1.807, 2.05) is 49.7 Å². The molecule has 1 heterocycles. The lowest BCUT2D eigenvalue weighted by atomic mass is 9.96. The molecule has 0 saturated carbocycles. The molecule has 1 aromatic carbocycles. The fraction of sp³-hybridized carbons (Fsp3) is 0.522. The molecule has 2 rings (SSSR count). The SMILES string of the molecule is COc1ccc(CCCC(=O)c2cc(C)c(CCC(C)(N)CO)n2C)cc1OC. The van der Waals surface area contributed by atoms with Gasteiger partial charge in [0.05, 0.1) is 26.5 Å². The predicted octanol–water partition coefficient (Wildman–Crippen LogP) is 3.20. The maximum atomic E-state index is 12.8. The number of carbonyl (C=O) groups excluding carboxylic acids is 1. The van der Waals surface area contributed by atoms with Crippen molar-refractivity contribution in [3.63, 3.8) is 0 Å². The third-order valence-corrected chi connectivity index (χ3v) is 5.47. The number of methoxy groups -OCH3 is 2. The van der Waals surface area contributed by atoms with E-state index in [1.165, 1.54) is 0 Å². The highest BCUT2D eigenvalue weighted by molar-refractivity contribution is 5.95. The van der Waals surface area contributed by atoms with Crippen molar-refractivity contribution in [1.82, 2.24) is 4.57 Å². The van der Waals surface area contributed by atoms with E-state index >= 15 is 0 Å². The van der Waals surface area contributed by atoms with Gasteiger partial charge in [0.15, 0.2) is 17.3 Å². The summed E-state index contributed by atoms with van der Waals surface area (Å²) in [6.45, 7) is 3.80. The Hall–Kier alpha value is -2.31. The molecular weight excluding hydrogens is 368 g/mol. The third-order valence-electron chi connectivity index (χ3n) is 5.47. The third kappa shape index (κ3) is 5.84. The standard InChI is InChI=1S/C23H34N2O4/c1-16-13-19(25(3)18(16)11-12-23(2,24)15-26)20(27)8-6-7-17-9-10-21(28-4)22(14-17)29-5/h9-10,13-14,26H,6-8,11-12,15,24H2,1-5H3. The van der Waals surface area contributed by atoms with Gasteiger partial charge in [0, 0.05) is 24.7 Å². The van der Waals surface area contributed by atoms with Gasteiger partial charge in [-0.25, -0.2) is 0 Å². The van der Waals surface area contributed by atoms with Crippen molar-refractivity contribution in [3.8, 4) is 11.5 Å². The molecular formula is C23H34N2O4. The number of aliphatic hydroxyl groups excluding tert-OH is 1. The summed E-state index contributed by atoms with van der Waals surface area (Å²) in [5, 5.41) is 9.36. The monoisotopic (exact) mass is 402 g/mol. The van der Waals surface area contributed by atoms with Crippen LogP contribution in [0.15, 0.2) is 24.3 Å². The number of ether oxygens (including phenoxy) is 2. The second kappa shape index (κ2) is 9.94.